The minimum atomic E-state index is 0.136. The lowest BCUT2D eigenvalue weighted by Crippen LogP contribution is -2.28. The Bertz CT molecular complexity index is 403. The summed E-state index contributed by atoms with van der Waals surface area (Å²) in [6.45, 7) is 2.38. The first-order valence-electron chi connectivity index (χ1n) is 6.28. The number of methoxy groups -OCH3 is 1. The molecule has 0 atom stereocenters. The Kier molecular flexibility index (Phi) is 3.63. The number of carbonyl (C=O) groups excluding carboxylic acids is 1. The highest BCUT2D eigenvalue weighted by Gasteiger charge is 2.35. The van der Waals surface area contributed by atoms with E-state index < -0.39 is 0 Å². The Balaban J connectivity index is 2.36. The molecule has 17 heavy (non-hydrogen) atoms. The molecule has 1 aromatic carbocycles. The molecule has 0 radical (unpaired) electrons. The molecule has 0 amide bonds. The van der Waals surface area contributed by atoms with Gasteiger partial charge in [0.15, 0.2) is 5.78 Å². The van der Waals surface area contributed by atoms with Gasteiger partial charge in [0.2, 0.25) is 0 Å². The van der Waals surface area contributed by atoms with Gasteiger partial charge in [-0.15, -0.1) is 0 Å². The van der Waals surface area contributed by atoms with Gasteiger partial charge in [-0.25, -0.2) is 0 Å². The molecule has 1 aromatic rings. The molecule has 2 heteroatoms. The van der Waals surface area contributed by atoms with Crippen LogP contribution in [-0.4, -0.2) is 19.5 Å². The van der Waals surface area contributed by atoms with Crippen molar-refractivity contribution < 1.29 is 9.53 Å². The third kappa shape index (κ3) is 2.42. The van der Waals surface area contributed by atoms with Gasteiger partial charge in [0.1, 0.15) is 0 Å². The van der Waals surface area contributed by atoms with Gasteiger partial charge in [0.05, 0.1) is 6.61 Å². The number of hydrogen-bond acceptors (Lipinski definition) is 2. The van der Waals surface area contributed by atoms with E-state index in [1.54, 1.807) is 14.0 Å². The van der Waals surface area contributed by atoms with Gasteiger partial charge >= 0.3 is 0 Å². The summed E-state index contributed by atoms with van der Waals surface area (Å²) in [6, 6.07) is 8.06. The fourth-order valence-electron chi connectivity index (χ4n) is 2.91. The van der Waals surface area contributed by atoms with Crippen LogP contribution < -0.4 is 0 Å². The monoisotopic (exact) mass is 232 g/mol. The molecule has 1 aliphatic carbocycles. The van der Waals surface area contributed by atoms with Crippen LogP contribution in [0.5, 0.6) is 0 Å². The molecule has 0 spiro atoms. The van der Waals surface area contributed by atoms with Crippen LogP contribution in [0.15, 0.2) is 24.3 Å². The summed E-state index contributed by atoms with van der Waals surface area (Å²) in [5.41, 5.74) is 2.22. The van der Waals surface area contributed by atoms with Crippen molar-refractivity contribution in [2.75, 3.05) is 13.7 Å². The summed E-state index contributed by atoms with van der Waals surface area (Å²) in [6.07, 6.45) is 4.85. The van der Waals surface area contributed by atoms with E-state index in [1.165, 1.54) is 31.2 Å². The van der Waals surface area contributed by atoms with Crippen molar-refractivity contribution in [3.63, 3.8) is 0 Å². The SMILES string of the molecule is COCC1(c2cccc(C(C)=O)c2)CCCC1. The van der Waals surface area contributed by atoms with Crippen LogP contribution in [0.4, 0.5) is 0 Å². The minimum Gasteiger partial charge on any atom is -0.384 e. The first-order chi connectivity index (χ1) is 8.18. The average molecular weight is 232 g/mol. The highest BCUT2D eigenvalue weighted by atomic mass is 16.5. The zero-order chi connectivity index (χ0) is 12.3. The Morgan fingerprint density at radius 3 is 2.65 bits per heavy atom. The molecule has 1 saturated carbocycles. The van der Waals surface area contributed by atoms with Gasteiger partial charge in [0.25, 0.3) is 0 Å². The average Bonchev–Trinajstić information content (AvgIpc) is 2.80. The zero-order valence-electron chi connectivity index (χ0n) is 10.7. The van der Waals surface area contributed by atoms with E-state index >= 15 is 0 Å². The molecule has 0 heterocycles. The lowest BCUT2D eigenvalue weighted by atomic mass is 9.79. The van der Waals surface area contributed by atoms with Crippen molar-refractivity contribution in [3.8, 4) is 0 Å². The molecule has 0 aliphatic heterocycles. The van der Waals surface area contributed by atoms with Gasteiger partial charge in [0, 0.05) is 18.1 Å². The second kappa shape index (κ2) is 5.01. The van der Waals surface area contributed by atoms with E-state index in [4.69, 9.17) is 4.74 Å². The van der Waals surface area contributed by atoms with Crippen LogP contribution in [-0.2, 0) is 10.2 Å². The van der Waals surface area contributed by atoms with Gasteiger partial charge in [-0.1, -0.05) is 31.0 Å². The Morgan fingerprint density at radius 2 is 2.06 bits per heavy atom. The number of ketones is 1. The molecule has 1 fully saturated rings. The largest absolute Gasteiger partial charge is 0.384 e. The highest BCUT2D eigenvalue weighted by Crippen LogP contribution is 2.41. The fraction of sp³-hybridized carbons (Fsp3) is 0.533. The molecule has 92 valence electrons. The van der Waals surface area contributed by atoms with E-state index in [9.17, 15) is 4.79 Å². The van der Waals surface area contributed by atoms with Crippen LogP contribution in [0.25, 0.3) is 0 Å². The number of rotatable bonds is 4. The predicted octanol–water partition coefficient (Wildman–Crippen LogP) is 3.35. The predicted molar refractivity (Wildman–Crippen MR) is 68.5 cm³/mol. The van der Waals surface area contributed by atoms with Gasteiger partial charge in [-0.05, 0) is 31.4 Å². The second-order valence-electron chi connectivity index (χ2n) is 5.06. The summed E-state index contributed by atoms with van der Waals surface area (Å²) < 4.78 is 5.40. The van der Waals surface area contributed by atoms with Crippen LogP contribution >= 0.6 is 0 Å². The molecule has 0 aromatic heterocycles. The van der Waals surface area contributed by atoms with E-state index in [-0.39, 0.29) is 11.2 Å². The molecule has 0 N–H and O–H groups in total. The van der Waals surface area contributed by atoms with Crippen molar-refractivity contribution in [2.45, 2.75) is 38.0 Å². The number of ether oxygens (including phenoxy) is 1. The van der Waals surface area contributed by atoms with Crippen molar-refractivity contribution >= 4 is 5.78 Å². The maximum Gasteiger partial charge on any atom is 0.159 e. The second-order valence-corrected chi connectivity index (χ2v) is 5.06. The molecular formula is C15H20O2. The Hall–Kier alpha value is -1.15. The standard InChI is InChI=1S/C15H20O2/c1-12(16)13-6-5-7-14(10-13)15(11-17-2)8-3-4-9-15/h5-7,10H,3-4,8-9,11H2,1-2H3. The number of benzene rings is 1. The zero-order valence-corrected chi connectivity index (χ0v) is 10.7. The molecule has 0 saturated heterocycles. The van der Waals surface area contributed by atoms with Crippen LogP contribution in [0.2, 0.25) is 0 Å². The molecule has 2 rings (SSSR count). The van der Waals surface area contributed by atoms with Crippen molar-refractivity contribution in [1.82, 2.24) is 0 Å². The number of Topliss-reactive ketones (excluding diaryl/α,β-unsaturated/α-hetero) is 1. The van der Waals surface area contributed by atoms with E-state index in [0.717, 1.165) is 12.2 Å². The molecule has 0 unspecified atom stereocenters. The number of carbonyl (C=O) groups is 1. The smallest absolute Gasteiger partial charge is 0.159 e. The lowest BCUT2D eigenvalue weighted by Gasteiger charge is -2.29. The summed E-state index contributed by atoms with van der Waals surface area (Å²) in [5, 5.41) is 0. The molecule has 0 bridgehead atoms. The van der Waals surface area contributed by atoms with Crippen molar-refractivity contribution in [1.29, 1.82) is 0 Å². The minimum absolute atomic E-state index is 0.136. The summed E-state index contributed by atoms with van der Waals surface area (Å²) in [4.78, 5) is 11.4. The first kappa shape index (κ1) is 12.3. The van der Waals surface area contributed by atoms with E-state index in [1.807, 2.05) is 18.2 Å². The summed E-state index contributed by atoms with van der Waals surface area (Å²) in [7, 11) is 1.76. The van der Waals surface area contributed by atoms with E-state index in [0.29, 0.717) is 0 Å². The van der Waals surface area contributed by atoms with Gasteiger partial charge in [-0.2, -0.15) is 0 Å². The molecule has 2 nitrogen and oxygen atoms in total. The van der Waals surface area contributed by atoms with Crippen molar-refractivity contribution in [2.24, 2.45) is 0 Å². The fourth-order valence-corrected chi connectivity index (χ4v) is 2.91. The van der Waals surface area contributed by atoms with Crippen LogP contribution in [0.1, 0.15) is 48.5 Å². The Morgan fingerprint density at radius 1 is 1.35 bits per heavy atom. The third-order valence-corrected chi connectivity index (χ3v) is 3.86. The maximum atomic E-state index is 11.4. The highest BCUT2D eigenvalue weighted by molar-refractivity contribution is 5.94. The lowest BCUT2D eigenvalue weighted by molar-refractivity contribution is 0.101. The first-order valence-corrected chi connectivity index (χ1v) is 6.28. The summed E-state index contributed by atoms with van der Waals surface area (Å²) in [5.74, 6) is 0.136. The maximum absolute atomic E-state index is 11.4. The summed E-state index contributed by atoms with van der Waals surface area (Å²) >= 11 is 0. The van der Waals surface area contributed by atoms with Crippen molar-refractivity contribution in [3.05, 3.63) is 35.4 Å². The molecule has 1 aliphatic rings. The van der Waals surface area contributed by atoms with Crippen LogP contribution in [0, 0.1) is 0 Å². The topological polar surface area (TPSA) is 26.3 Å². The normalized spacial score (nSPS) is 18.2. The molecular weight excluding hydrogens is 212 g/mol. The van der Waals surface area contributed by atoms with Gasteiger partial charge in [-0.3, -0.25) is 4.79 Å². The van der Waals surface area contributed by atoms with Gasteiger partial charge < -0.3 is 4.74 Å². The Labute approximate surface area is 103 Å². The number of hydrogen-bond donors (Lipinski definition) is 0. The van der Waals surface area contributed by atoms with Crippen LogP contribution in [0.3, 0.4) is 0 Å². The third-order valence-electron chi connectivity index (χ3n) is 3.86. The van der Waals surface area contributed by atoms with E-state index in [2.05, 4.69) is 6.07 Å². The quantitative estimate of drug-likeness (QED) is 0.744.